The molecule has 0 radical (unpaired) electrons. The Kier molecular flexibility index (Phi) is 6.37. The molecule has 2 atom stereocenters. The van der Waals surface area contributed by atoms with Crippen molar-refractivity contribution in [3.05, 3.63) is 34.9 Å². The van der Waals surface area contributed by atoms with E-state index in [9.17, 15) is 4.79 Å². The van der Waals surface area contributed by atoms with Crippen molar-refractivity contribution in [2.24, 2.45) is 0 Å². The molecule has 0 aliphatic carbocycles. The highest BCUT2D eigenvalue weighted by Crippen LogP contribution is 2.23. The Morgan fingerprint density at radius 2 is 1.56 bits per heavy atom. The van der Waals surface area contributed by atoms with Crippen LogP contribution in [-0.4, -0.2) is 65.4 Å². The quantitative estimate of drug-likeness (QED) is 0.821. The number of benzene rings is 1. The lowest BCUT2D eigenvalue weighted by molar-refractivity contribution is -0.139. The number of carbonyl (C=O) groups excluding carboxylic acids is 1. The fraction of sp³-hybridized carbons (Fsp3) is 0.650. The topological polar surface area (TPSA) is 26.8 Å². The summed E-state index contributed by atoms with van der Waals surface area (Å²) in [5.74, 6) is 0.311. The molecule has 0 aromatic heterocycles. The van der Waals surface area contributed by atoms with Gasteiger partial charge in [0.25, 0.3) is 0 Å². The summed E-state index contributed by atoms with van der Waals surface area (Å²) in [5.41, 5.74) is 1.30. The molecule has 1 aromatic carbocycles. The maximum Gasteiger partial charge on any atom is 0.237 e. The maximum absolute atomic E-state index is 12.7. The summed E-state index contributed by atoms with van der Waals surface area (Å²) in [5, 5.41) is 0.785. The first-order valence-electron chi connectivity index (χ1n) is 9.53. The summed E-state index contributed by atoms with van der Waals surface area (Å²) in [6, 6.07) is 8.87. The summed E-state index contributed by atoms with van der Waals surface area (Å²) in [4.78, 5) is 19.6. The van der Waals surface area contributed by atoms with Crippen LogP contribution in [0.5, 0.6) is 0 Å². The van der Waals surface area contributed by atoms with E-state index >= 15 is 0 Å². The maximum atomic E-state index is 12.7. The first kappa shape index (κ1) is 18.7. The van der Waals surface area contributed by atoms with Crippen molar-refractivity contribution in [2.75, 3.05) is 32.7 Å². The predicted molar refractivity (Wildman–Crippen MR) is 103 cm³/mol. The molecule has 0 saturated carbocycles. The number of piperidine rings is 1. The molecule has 2 heterocycles. The lowest BCUT2D eigenvalue weighted by Gasteiger charge is -2.41. The van der Waals surface area contributed by atoms with Crippen LogP contribution in [0, 0.1) is 0 Å². The smallest absolute Gasteiger partial charge is 0.237 e. The van der Waals surface area contributed by atoms with Gasteiger partial charge in [0.15, 0.2) is 0 Å². The number of halogens is 1. The molecule has 2 aliphatic heterocycles. The van der Waals surface area contributed by atoms with Crippen molar-refractivity contribution in [1.29, 1.82) is 0 Å². The molecule has 2 saturated heterocycles. The van der Waals surface area contributed by atoms with Crippen LogP contribution in [0.25, 0.3) is 0 Å². The summed E-state index contributed by atoms with van der Waals surface area (Å²) in [6.07, 6.45) is 3.53. The third-order valence-electron chi connectivity index (χ3n) is 5.62. The van der Waals surface area contributed by atoms with Gasteiger partial charge in [-0.25, -0.2) is 0 Å². The zero-order valence-electron chi connectivity index (χ0n) is 15.5. The number of amides is 1. The zero-order chi connectivity index (χ0) is 17.8. The minimum Gasteiger partial charge on any atom is -0.336 e. The lowest BCUT2D eigenvalue weighted by Crippen LogP contribution is -2.54. The Morgan fingerprint density at radius 3 is 2.16 bits per heavy atom. The van der Waals surface area contributed by atoms with Gasteiger partial charge < -0.3 is 4.90 Å². The molecule has 3 rings (SSSR count). The molecular formula is C20H30ClN3O. The Labute approximate surface area is 156 Å². The fourth-order valence-corrected chi connectivity index (χ4v) is 4.27. The van der Waals surface area contributed by atoms with Crippen molar-refractivity contribution in [3.8, 4) is 0 Å². The number of likely N-dealkylation sites (tertiary alicyclic amines) is 1. The Balaban J connectivity index is 1.45. The molecule has 2 unspecified atom stereocenters. The molecule has 0 bridgehead atoms. The van der Waals surface area contributed by atoms with Crippen molar-refractivity contribution < 1.29 is 4.79 Å². The average Bonchev–Trinajstić information content (AvgIpc) is 2.58. The highest BCUT2D eigenvalue weighted by molar-refractivity contribution is 6.30. The van der Waals surface area contributed by atoms with Gasteiger partial charge in [0.05, 0.1) is 6.54 Å². The Hall–Kier alpha value is -1.10. The number of carbonyl (C=O) groups is 1. The van der Waals surface area contributed by atoms with E-state index in [0.717, 1.165) is 50.6 Å². The van der Waals surface area contributed by atoms with Crippen LogP contribution in [-0.2, 0) is 11.3 Å². The SMILES string of the molecule is CC1CCCC(C)N1C(=O)CN1CCN(Cc2ccc(Cl)cc2)CC1. The third-order valence-corrected chi connectivity index (χ3v) is 5.88. The molecule has 0 N–H and O–H groups in total. The van der Waals surface area contributed by atoms with E-state index < -0.39 is 0 Å². The minimum absolute atomic E-state index is 0.311. The van der Waals surface area contributed by atoms with Crippen LogP contribution in [0.3, 0.4) is 0 Å². The first-order valence-corrected chi connectivity index (χ1v) is 9.91. The van der Waals surface area contributed by atoms with Crippen LogP contribution >= 0.6 is 11.6 Å². The standard InChI is InChI=1S/C20H30ClN3O/c1-16-4-3-5-17(2)24(16)20(25)15-23-12-10-22(11-13-23)14-18-6-8-19(21)9-7-18/h6-9,16-17H,3-5,10-15H2,1-2H3. The van der Waals surface area contributed by atoms with Gasteiger partial charge in [0.2, 0.25) is 5.91 Å². The lowest BCUT2D eigenvalue weighted by atomic mass is 9.97. The molecule has 5 heteroatoms. The summed E-state index contributed by atoms with van der Waals surface area (Å²) in [7, 11) is 0. The second-order valence-electron chi connectivity index (χ2n) is 7.61. The second-order valence-corrected chi connectivity index (χ2v) is 8.05. The van der Waals surface area contributed by atoms with E-state index in [4.69, 9.17) is 11.6 Å². The summed E-state index contributed by atoms with van der Waals surface area (Å²) in [6.45, 7) is 9.88. The van der Waals surface area contributed by atoms with Crippen LogP contribution in [0.1, 0.15) is 38.7 Å². The molecule has 4 nitrogen and oxygen atoms in total. The molecule has 138 valence electrons. The number of piperazine rings is 1. The van der Waals surface area contributed by atoms with Crippen molar-refractivity contribution in [3.63, 3.8) is 0 Å². The van der Waals surface area contributed by atoms with Gasteiger partial charge in [0, 0.05) is 49.8 Å². The summed E-state index contributed by atoms with van der Waals surface area (Å²) < 4.78 is 0. The van der Waals surface area contributed by atoms with Gasteiger partial charge in [-0.1, -0.05) is 23.7 Å². The van der Waals surface area contributed by atoms with Gasteiger partial charge in [-0.2, -0.15) is 0 Å². The monoisotopic (exact) mass is 363 g/mol. The zero-order valence-corrected chi connectivity index (χ0v) is 16.2. The second kappa shape index (κ2) is 8.52. The largest absolute Gasteiger partial charge is 0.336 e. The third kappa shape index (κ3) is 4.96. The van der Waals surface area contributed by atoms with Crippen LogP contribution in [0.4, 0.5) is 0 Å². The van der Waals surface area contributed by atoms with Crippen LogP contribution < -0.4 is 0 Å². The van der Waals surface area contributed by atoms with Crippen molar-refractivity contribution in [1.82, 2.24) is 14.7 Å². The molecule has 2 aliphatic rings. The predicted octanol–water partition coefficient (Wildman–Crippen LogP) is 3.25. The molecule has 0 spiro atoms. The van der Waals surface area contributed by atoms with Gasteiger partial charge in [-0.15, -0.1) is 0 Å². The van der Waals surface area contributed by atoms with Crippen molar-refractivity contribution >= 4 is 17.5 Å². The van der Waals surface area contributed by atoms with E-state index in [-0.39, 0.29) is 0 Å². The van der Waals surface area contributed by atoms with Gasteiger partial charge in [0.1, 0.15) is 0 Å². The number of nitrogens with zero attached hydrogens (tertiary/aromatic N) is 3. The highest BCUT2D eigenvalue weighted by atomic mass is 35.5. The average molecular weight is 364 g/mol. The van der Waals surface area contributed by atoms with Crippen molar-refractivity contribution in [2.45, 2.75) is 51.7 Å². The van der Waals surface area contributed by atoms with E-state index in [1.165, 1.54) is 12.0 Å². The molecular weight excluding hydrogens is 334 g/mol. The Bertz CT molecular complexity index is 559. The summed E-state index contributed by atoms with van der Waals surface area (Å²) >= 11 is 5.95. The first-order chi connectivity index (χ1) is 12.0. The highest BCUT2D eigenvalue weighted by Gasteiger charge is 2.30. The van der Waals surface area contributed by atoms with Gasteiger partial charge >= 0.3 is 0 Å². The molecule has 25 heavy (non-hydrogen) atoms. The van der Waals surface area contributed by atoms with Gasteiger partial charge in [-0.05, 0) is 50.8 Å². The van der Waals surface area contributed by atoms with Gasteiger partial charge in [-0.3, -0.25) is 14.6 Å². The van der Waals surface area contributed by atoms with E-state index in [1.54, 1.807) is 0 Å². The molecule has 1 amide bonds. The van der Waals surface area contributed by atoms with E-state index in [1.807, 2.05) is 12.1 Å². The minimum atomic E-state index is 0.311. The number of rotatable bonds is 4. The van der Waals surface area contributed by atoms with E-state index in [2.05, 4.69) is 40.7 Å². The van der Waals surface area contributed by atoms with E-state index in [0.29, 0.717) is 24.5 Å². The Morgan fingerprint density at radius 1 is 1.00 bits per heavy atom. The number of hydrogen-bond acceptors (Lipinski definition) is 3. The normalized spacial score (nSPS) is 26.0. The fourth-order valence-electron chi connectivity index (χ4n) is 4.14. The van der Waals surface area contributed by atoms with Crippen LogP contribution in [0.15, 0.2) is 24.3 Å². The number of hydrogen-bond donors (Lipinski definition) is 0. The molecule has 1 aromatic rings. The molecule has 2 fully saturated rings. The van der Waals surface area contributed by atoms with Crippen LogP contribution in [0.2, 0.25) is 5.02 Å².